The number of nitrogens with two attached hydrogens (primary N) is 1. The lowest BCUT2D eigenvalue weighted by atomic mass is 9.83. The Morgan fingerprint density at radius 1 is 1.12 bits per heavy atom. The lowest BCUT2D eigenvalue weighted by Gasteiger charge is -2.28. The summed E-state index contributed by atoms with van der Waals surface area (Å²) in [5.74, 6) is -0.0216. The highest BCUT2D eigenvalue weighted by Crippen LogP contribution is 2.44. The minimum absolute atomic E-state index is 0.0698. The van der Waals surface area contributed by atoms with Gasteiger partial charge in [0.1, 0.15) is 16.9 Å². The van der Waals surface area contributed by atoms with Gasteiger partial charge in [0.25, 0.3) is 0 Å². The Morgan fingerprint density at radius 2 is 1.85 bits per heavy atom. The van der Waals surface area contributed by atoms with Gasteiger partial charge in [0.05, 0.1) is 30.1 Å². The van der Waals surface area contributed by atoms with Crippen LogP contribution in [0, 0.1) is 5.92 Å². The molecule has 172 valence electrons. The van der Waals surface area contributed by atoms with Crippen molar-refractivity contribution in [1.29, 1.82) is 0 Å². The predicted molar refractivity (Wildman–Crippen MR) is 124 cm³/mol. The predicted octanol–water partition coefficient (Wildman–Crippen LogP) is 4.48. The zero-order valence-electron chi connectivity index (χ0n) is 18.9. The van der Waals surface area contributed by atoms with Crippen molar-refractivity contribution in [2.45, 2.75) is 33.1 Å². The zero-order valence-corrected chi connectivity index (χ0v) is 18.9. The van der Waals surface area contributed by atoms with Crippen molar-refractivity contribution in [2.24, 2.45) is 11.7 Å². The molecule has 0 bridgehead atoms. The molecule has 1 atom stereocenters. The maximum atomic E-state index is 13.1. The number of fused-ring (bicyclic) bond motifs is 3. The van der Waals surface area contributed by atoms with Gasteiger partial charge in [-0.25, -0.2) is 9.59 Å². The van der Waals surface area contributed by atoms with Crippen LogP contribution in [0.25, 0.3) is 11.0 Å². The standard InChI is InChI=1S/C26H27NO6/c1-4-30-25(28)22-20(16-9-11-17(12-10-16)31-14-13-15(2)3)21-23(33-24(22)27)18-7-5-6-8-19(18)32-26(21)29/h5-12,15,20H,4,13-14,27H2,1-3H3/t20-/m0/s1. The third-order valence-corrected chi connectivity index (χ3v) is 5.53. The first-order valence-electron chi connectivity index (χ1n) is 11.0. The Morgan fingerprint density at radius 3 is 2.55 bits per heavy atom. The lowest BCUT2D eigenvalue weighted by Crippen LogP contribution is -2.31. The quantitative estimate of drug-likeness (QED) is 0.419. The minimum Gasteiger partial charge on any atom is -0.494 e. The third kappa shape index (κ3) is 4.44. The van der Waals surface area contributed by atoms with E-state index < -0.39 is 17.5 Å². The molecule has 0 unspecified atom stereocenters. The van der Waals surface area contributed by atoms with E-state index in [-0.39, 0.29) is 29.4 Å². The van der Waals surface area contributed by atoms with Gasteiger partial charge >= 0.3 is 11.6 Å². The molecule has 33 heavy (non-hydrogen) atoms. The lowest BCUT2D eigenvalue weighted by molar-refractivity contribution is -0.139. The summed E-state index contributed by atoms with van der Waals surface area (Å²) in [7, 11) is 0. The van der Waals surface area contributed by atoms with E-state index in [1.807, 2.05) is 30.3 Å². The van der Waals surface area contributed by atoms with Gasteiger partial charge in [0.15, 0.2) is 5.75 Å². The van der Waals surface area contributed by atoms with Crippen molar-refractivity contribution < 1.29 is 23.4 Å². The van der Waals surface area contributed by atoms with Gasteiger partial charge in [-0.15, -0.1) is 0 Å². The summed E-state index contributed by atoms with van der Waals surface area (Å²) in [5.41, 5.74) is 6.94. The van der Waals surface area contributed by atoms with Gasteiger partial charge in [-0.3, -0.25) is 0 Å². The molecule has 0 fully saturated rings. The summed E-state index contributed by atoms with van der Waals surface area (Å²) in [5, 5.41) is 0.594. The number of hydrogen-bond acceptors (Lipinski definition) is 7. The number of carbonyl (C=O) groups is 1. The molecule has 2 heterocycles. The topological polar surface area (TPSA) is 101 Å². The van der Waals surface area contributed by atoms with Crippen molar-refractivity contribution >= 4 is 16.9 Å². The highest BCUT2D eigenvalue weighted by Gasteiger charge is 2.39. The Kier molecular flexibility index (Phi) is 6.40. The van der Waals surface area contributed by atoms with E-state index in [0.717, 1.165) is 6.42 Å². The molecule has 2 N–H and O–H groups in total. The minimum atomic E-state index is -0.807. The summed E-state index contributed by atoms with van der Waals surface area (Å²) >= 11 is 0. The second-order valence-electron chi connectivity index (χ2n) is 8.26. The average molecular weight is 450 g/mol. The van der Waals surface area contributed by atoms with Crippen LogP contribution >= 0.6 is 0 Å². The van der Waals surface area contributed by atoms with E-state index in [1.54, 1.807) is 25.1 Å². The van der Waals surface area contributed by atoms with Crippen molar-refractivity contribution in [2.75, 3.05) is 13.2 Å². The summed E-state index contributed by atoms with van der Waals surface area (Å²) in [4.78, 5) is 25.9. The maximum Gasteiger partial charge on any atom is 0.344 e. The van der Waals surface area contributed by atoms with Crippen LogP contribution in [0.4, 0.5) is 0 Å². The fourth-order valence-electron chi connectivity index (χ4n) is 3.88. The first-order valence-corrected chi connectivity index (χ1v) is 11.0. The molecule has 0 spiro atoms. The van der Waals surface area contributed by atoms with E-state index in [1.165, 1.54) is 0 Å². The Labute approximate surface area is 191 Å². The van der Waals surface area contributed by atoms with E-state index in [2.05, 4.69) is 13.8 Å². The Bertz CT molecular complexity index is 1260. The van der Waals surface area contributed by atoms with E-state index in [0.29, 0.717) is 34.8 Å². The molecule has 7 nitrogen and oxygen atoms in total. The first kappa shape index (κ1) is 22.5. The molecule has 0 aliphatic carbocycles. The van der Waals surface area contributed by atoms with E-state index in [9.17, 15) is 9.59 Å². The first-order chi connectivity index (χ1) is 15.9. The summed E-state index contributed by atoms with van der Waals surface area (Å²) < 4.78 is 22.4. The number of esters is 1. The summed E-state index contributed by atoms with van der Waals surface area (Å²) in [6.07, 6.45) is 0.940. The van der Waals surface area contributed by atoms with Crippen LogP contribution in [0.2, 0.25) is 0 Å². The molecule has 7 heteroatoms. The number of carbonyl (C=O) groups excluding carboxylic acids is 1. The normalized spacial score (nSPS) is 15.3. The van der Waals surface area contributed by atoms with Gasteiger partial charge in [0, 0.05) is 0 Å². The van der Waals surface area contributed by atoms with Crippen LogP contribution in [0.15, 0.2) is 69.2 Å². The number of para-hydroxylation sites is 1. The van der Waals surface area contributed by atoms with Crippen LogP contribution in [-0.4, -0.2) is 19.2 Å². The maximum absolute atomic E-state index is 13.1. The van der Waals surface area contributed by atoms with Gasteiger partial charge < -0.3 is 24.4 Å². The number of hydrogen-bond donors (Lipinski definition) is 1. The van der Waals surface area contributed by atoms with Crippen LogP contribution in [-0.2, 0) is 9.53 Å². The fraction of sp³-hybridized carbons (Fsp3) is 0.308. The van der Waals surface area contributed by atoms with Crippen LogP contribution in [0.5, 0.6) is 11.5 Å². The molecule has 3 aromatic rings. The van der Waals surface area contributed by atoms with Crippen molar-refractivity contribution in [3.8, 4) is 11.5 Å². The second-order valence-corrected chi connectivity index (χ2v) is 8.26. The molecular weight excluding hydrogens is 422 g/mol. The second kappa shape index (κ2) is 9.40. The van der Waals surface area contributed by atoms with Crippen LogP contribution in [0.1, 0.15) is 44.2 Å². The molecule has 1 aromatic heterocycles. The average Bonchev–Trinajstić information content (AvgIpc) is 2.78. The zero-order chi connectivity index (χ0) is 23.5. The Hall–Kier alpha value is -3.74. The third-order valence-electron chi connectivity index (χ3n) is 5.53. The van der Waals surface area contributed by atoms with E-state index in [4.69, 9.17) is 24.4 Å². The fourth-order valence-corrected chi connectivity index (χ4v) is 3.88. The van der Waals surface area contributed by atoms with Crippen LogP contribution < -0.4 is 20.8 Å². The smallest absolute Gasteiger partial charge is 0.344 e. The molecule has 0 saturated heterocycles. The van der Waals surface area contributed by atoms with Crippen LogP contribution in [0.3, 0.4) is 0 Å². The number of ether oxygens (including phenoxy) is 3. The summed E-state index contributed by atoms with van der Waals surface area (Å²) in [6.45, 7) is 6.74. The largest absolute Gasteiger partial charge is 0.494 e. The van der Waals surface area contributed by atoms with Crippen molar-refractivity contribution in [1.82, 2.24) is 0 Å². The molecule has 1 aliphatic heterocycles. The SMILES string of the molecule is CCOC(=O)C1=C(N)Oc2c(c(=O)oc3ccccc23)[C@@H]1c1ccc(OCCC(C)C)cc1. The van der Waals surface area contributed by atoms with Gasteiger partial charge in [-0.2, -0.15) is 0 Å². The van der Waals surface area contributed by atoms with Crippen molar-refractivity contribution in [3.63, 3.8) is 0 Å². The Balaban J connectivity index is 1.82. The monoisotopic (exact) mass is 449 g/mol. The molecular formula is C26H27NO6. The summed E-state index contributed by atoms with van der Waals surface area (Å²) in [6, 6.07) is 14.3. The highest BCUT2D eigenvalue weighted by atomic mass is 16.5. The molecule has 0 saturated carbocycles. The molecule has 2 aromatic carbocycles. The molecule has 4 rings (SSSR count). The number of rotatable bonds is 7. The number of benzene rings is 2. The van der Waals surface area contributed by atoms with Gasteiger partial charge in [-0.1, -0.05) is 38.1 Å². The molecule has 1 aliphatic rings. The molecule has 0 radical (unpaired) electrons. The van der Waals surface area contributed by atoms with Gasteiger partial charge in [-0.05, 0) is 49.1 Å². The molecule has 0 amide bonds. The van der Waals surface area contributed by atoms with E-state index >= 15 is 0 Å². The highest BCUT2D eigenvalue weighted by molar-refractivity contribution is 5.94. The van der Waals surface area contributed by atoms with Gasteiger partial charge in [0.2, 0.25) is 5.88 Å². The van der Waals surface area contributed by atoms with Crippen molar-refractivity contribution in [3.05, 3.63) is 81.5 Å².